The van der Waals surface area contributed by atoms with Crippen molar-refractivity contribution in [3.63, 3.8) is 0 Å². The Morgan fingerprint density at radius 2 is 1.65 bits per heavy atom. The van der Waals surface area contributed by atoms with E-state index in [0.29, 0.717) is 5.76 Å². The lowest BCUT2D eigenvalue weighted by Crippen LogP contribution is -1.82. The molecule has 1 aromatic heterocycles. The molecule has 20 heavy (non-hydrogen) atoms. The second-order valence-electron chi connectivity index (χ2n) is 4.58. The predicted molar refractivity (Wildman–Crippen MR) is 75.4 cm³/mol. The fourth-order valence-corrected chi connectivity index (χ4v) is 2.14. The van der Waals surface area contributed by atoms with Gasteiger partial charge in [0, 0.05) is 16.7 Å². The molecule has 4 heteroatoms. The van der Waals surface area contributed by atoms with Gasteiger partial charge in [-0.2, -0.15) is 0 Å². The minimum atomic E-state index is 0.185. The molecule has 2 aromatic carbocycles. The Hall–Kier alpha value is -2.75. The third-order valence-corrected chi connectivity index (χ3v) is 3.17. The van der Waals surface area contributed by atoms with Gasteiger partial charge in [-0.3, -0.25) is 0 Å². The molecule has 0 saturated heterocycles. The van der Waals surface area contributed by atoms with Crippen LogP contribution in [0.25, 0.3) is 22.6 Å². The van der Waals surface area contributed by atoms with Crippen LogP contribution in [0, 0.1) is 6.92 Å². The van der Waals surface area contributed by atoms with Crippen molar-refractivity contribution in [3.8, 4) is 34.1 Å². The smallest absolute Gasteiger partial charge is 0.170 e. The summed E-state index contributed by atoms with van der Waals surface area (Å²) in [4.78, 5) is 0. The molecule has 2 N–H and O–H groups in total. The number of rotatable bonds is 2. The van der Waals surface area contributed by atoms with E-state index in [0.717, 1.165) is 22.4 Å². The summed E-state index contributed by atoms with van der Waals surface area (Å²) in [5, 5.41) is 22.9. The Labute approximate surface area is 115 Å². The molecule has 0 aliphatic carbocycles. The number of nitrogens with zero attached hydrogens (tertiary/aromatic N) is 1. The zero-order chi connectivity index (χ0) is 14.1. The number of hydrogen-bond acceptors (Lipinski definition) is 4. The molecule has 0 atom stereocenters. The van der Waals surface area contributed by atoms with Crippen molar-refractivity contribution in [3.05, 3.63) is 54.1 Å². The number of phenols is 2. The van der Waals surface area contributed by atoms with E-state index in [2.05, 4.69) is 5.16 Å². The maximum Gasteiger partial charge on any atom is 0.170 e. The van der Waals surface area contributed by atoms with Crippen molar-refractivity contribution in [1.82, 2.24) is 5.16 Å². The van der Waals surface area contributed by atoms with Gasteiger partial charge in [0.05, 0.1) is 0 Å². The van der Waals surface area contributed by atoms with Crippen molar-refractivity contribution in [2.45, 2.75) is 6.92 Å². The molecule has 1 heterocycles. The SMILES string of the molecule is Cc1c(-c2ccc(O)cc2)noc1-c1cccc(O)c1. The third kappa shape index (κ3) is 2.12. The topological polar surface area (TPSA) is 66.5 Å². The summed E-state index contributed by atoms with van der Waals surface area (Å²) in [6.45, 7) is 1.91. The molecule has 0 radical (unpaired) electrons. The zero-order valence-corrected chi connectivity index (χ0v) is 10.9. The van der Waals surface area contributed by atoms with Crippen LogP contribution in [-0.4, -0.2) is 15.4 Å². The summed E-state index contributed by atoms with van der Waals surface area (Å²) in [7, 11) is 0. The van der Waals surface area contributed by atoms with E-state index in [1.165, 1.54) is 0 Å². The standard InChI is InChI=1S/C16H13NO3/c1-10-15(11-5-7-13(18)8-6-11)17-20-16(10)12-3-2-4-14(19)9-12/h2-9,18-19H,1H3. The first-order chi connectivity index (χ1) is 9.65. The minimum Gasteiger partial charge on any atom is -0.508 e. The molecule has 0 amide bonds. The van der Waals surface area contributed by atoms with Crippen molar-refractivity contribution < 1.29 is 14.7 Å². The van der Waals surface area contributed by atoms with Crippen LogP contribution >= 0.6 is 0 Å². The first-order valence-electron chi connectivity index (χ1n) is 6.20. The first-order valence-corrected chi connectivity index (χ1v) is 6.20. The lowest BCUT2D eigenvalue weighted by Gasteiger charge is -2.00. The van der Waals surface area contributed by atoms with Crippen LogP contribution in [0.15, 0.2) is 53.1 Å². The molecule has 0 spiro atoms. The molecule has 3 aromatic rings. The molecular weight excluding hydrogens is 254 g/mol. The van der Waals surface area contributed by atoms with Gasteiger partial charge in [-0.15, -0.1) is 0 Å². The lowest BCUT2D eigenvalue weighted by atomic mass is 10.0. The van der Waals surface area contributed by atoms with Crippen molar-refractivity contribution in [2.75, 3.05) is 0 Å². The quantitative estimate of drug-likeness (QED) is 0.742. The number of aromatic hydroxyl groups is 2. The van der Waals surface area contributed by atoms with E-state index in [4.69, 9.17) is 4.52 Å². The summed E-state index contributed by atoms with van der Waals surface area (Å²) in [6.07, 6.45) is 0. The normalized spacial score (nSPS) is 10.7. The highest BCUT2D eigenvalue weighted by Crippen LogP contribution is 2.33. The van der Waals surface area contributed by atoms with E-state index in [1.807, 2.05) is 13.0 Å². The maximum absolute atomic E-state index is 9.53. The number of phenolic OH excluding ortho intramolecular Hbond substituents is 2. The van der Waals surface area contributed by atoms with Crippen LogP contribution in [-0.2, 0) is 0 Å². The van der Waals surface area contributed by atoms with Gasteiger partial charge in [0.1, 0.15) is 17.2 Å². The second kappa shape index (κ2) is 4.74. The summed E-state index contributed by atoms with van der Waals surface area (Å²) < 4.78 is 5.40. The molecule has 0 aliphatic rings. The molecule has 3 rings (SSSR count). The predicted octanol–water partition coefficient (Wildman–Crippen LogP) is 3.73. The van der Waals surface area contributed by atoms with Gasteiger partial charge >= 0.3 is 0 Å². The molecular formula is C16H13NO3. The summed E-state index contributed by atoms with van der Waals surface area (Å²) in [5.74, 6) is 1.02. The number of benzene rings is 2. The molecule has 0 saturated carbocycles. The number of hydrogen-bond donors (Lipinski definition) is 2. The fraction of sp³-hybridized carbons (Fsp3) is 0.0625. The highest BCUT2D eigenvalue weighted by atomic mass is 16.5. The van der Waals surface area contributed by atoms with Crippen LogP contribution in [0.3, 0.4) is 0 Å². The number of aromatic nitrogens is 1. The molecule has 4 nitrogen and oxygen atoms in total. The lowest BCUT2D eigenvalue weighted by molar-refractivity contribution is 0.433. The molecule has 100 valence electrons. The van der Waals surface area contributed by atoms with Crippen molar-refractivity contribution in [2.24, 2.45) is 0 Å². The van der Waals surface area contributed by atoms with Crippen LogP contribution in [0.4, 0.5) is 0 Å². The fourth-order valence-electron chi connectivity index (χ4n) is 2.14. The van der Waals surface area contributed by atoms with Gasteiger partial charge < -0.3 is 14.7 Å². The summed E-state index contributed by atoms with van der Waals surface area (Å²) in [6, 6.07) is 13.6. The van der Waals surface area contributed by atoms with E-state index < -0.39 is 0 Å². The van der Waals surface area contributed by atoms with E-state index in [-0.39, 0.29) is 11.5 Å². The Balaban J connectivity index is 2.07. The largest absolute Gasteiger partial charge is 0.508 e. The van der Waals surface area contributed by atoms with Crippen LogP contribution in [0.1, 0.15) is 5.56 Å². The molecule has 0 unspecified atom stereocenters. The average Bonchev–Trinajstić information content (AvgIpc) is 2.82. The highest BCUT2D eigenvalue weighted by molar-refractivity contribution is 5.72. The zero-order valence-electron chi connectivity index (χ0n) is 10.9. The van der Waals surface area contributed by atoms with E-state index in [1.54, 1.807) is 42.5 Å². The monoisotopic (exact) mass is 267 g/mol. The first kappa shape index (κ1) is 12.3. The second-order valence-corrected chi connectivity index (χ2v) is 4.58. The third-order valence-electron chi connectivity index (χ3n) is 3.17. The Morgan fingerprint density at radius 3 is 2.35 bits per heavy atom. The summed E-state index contributed by atoms with van der Waals surface area (Å²) in [5.41, 5.74) is 3.26. The minimum absolute atomic E-state index is 0.185. The van der Waals surface area contributed by atoms with E-state index >= 15 is 0 Å². The highest BCUT2D eigenvalue weighted by Gasteiger charge is 2.15. The molecule has 0 fully saturated rings. The Bertz CT molecular complexity index is 745. The van der Waals surface area contributed by atoms with Crippen molar-refractivity contribution in [1.29, 1.82) is 0 Å². The van der Waals surface area contributed by atoms with Gasteiger partial charge in [0.25, 0.3) is 0 Å². The molecule has 0 aliphatic heterocycles. The van der Waals surface area contributed by atoms with Gasteiger partial charge in [-0.1, -0.05) is 17.3 Å². The van der Waals surface area contributed by atoms with Crippen LogP contribution in [0.2, 0.25) is 0 Å². The summed E-state index contributed by atoms with van der Waals surface area (Å²) >= 11 is 0. The van der Waals surface area contributed by atoms with E-state index in [9.17, 15) is 10.2 Å². The average molecular weight is 267 g/mol. The maximum atomic E-state index is 9.53. The van der Waals surface area contributed by atoms with Gasteiger partial charge in [-0.05, 0) is 43.3 Å². The van der Waals surface area contributed by atoms with Gasteiger partial charge in [0.15, 0.2) is 5.76 Å². The Morgan fingerprint density at radius 1 is 0.900 bits per heavy atom. The van der Waals surface area contributed by atoms with Crippen LogP contribution in [0.5, 0.6) is 11.5 Å². The van der Waals surface area contributed by atoms with Crippen molar-refractivity contribution >= 4 is 0 Å². The van der Waals surface area contributed by atoms with Gasteiger partial charge in [-0.25, -0.2) is 0 Å². The Kier molecular flexibility index (Phi) is 2.91. The van der Waals surface area contributed by atoms with Gasteiger partial charge in [0.2, 0.25) is 0 Å². The molecule has 0 bridgehead atoms. The van der Waals surface area contributed by atoms with Crippen LogP contribution < -0.4 is 0 Å².